The van der Waals surface area contributed by atoms with Gasteiger partial charge in [-0.05, 0) is 24.2 Å². The lowest BCUT2D eigenvalue weighted by Crippen LogP contribution is -2.19. The summed E-state index contributed by atoms with van der Waals surface area (Å²) >= 11 is 3.21. The van der Waals surface area contributed by atoms with Crippen molar-refractivity contribution in [3.05, 3.63) is 0 Å². The van der Waals surface area contributed by atoms with E-state index in [4.69, 9.17) is 16.7 Å². The van der Waals surface area contributed by atoms with E-state index in [1.54, 1.807) is 0 Å². The summed E-state index contributed by atoms with van der Waals surface area (Å²) in [7, 11) is -8.81. The summed E-state index contributed by atoms with van der Waals surface area (Å²) in [5.41, 5.74) is 0. The molecule has 0 unspecified atom stereocenters. The molecule has 0 aliphatic rings. The molecule has 35 heavy (non-hydrogen) atoms. The number of aromatic nitrogens is 2. The van der Waals surface area contributed by atoms with Crippen molar-refractivity contribution in [3.63, 3.8) is 0 Å². The fraction of sp³-hybridized carbons (Fsp3) is 0.900. The van der Waals surface area contributed by atoms with Crippen LogP contribution in [0.15, 0.2) is 0 Å². The Kier molecular flexibility index (Phi) is 14.2. The van der Waals surface area contributed by atoms with Gasteiger partial charge in [0, 0.05) is 9.49 Å². The van der Waals surface area contributed by atoms with Crippen LogP contribution in [0.5, 0.6) is 10.4 Å². The van der Waals surface area contributed by atoms with E-state index >= 15 is 0 Å². The van der Waals surface area contributed by atoms with Gasteiger partial charge in [-0.3, -0.25) is 0 Å². The molecule has 0 spiro atoms. The quantitative estimate of drug-likeness (QED) is 0.131. The molecular weight excluding hydrogens is 557 g/mol. The Morgan fingerprint density at radius 2 is 1.09 bits per heavy atom. The van der Waals surface area contributed by atoms with E-state index in [-0.39, 0.29) is 21.4 Å². The lowest BCUT2D eigenvalue weighted by atomic mass is 10.0. The van der Waals surface area contributed by atoms with Gasteiger partial charge in [-0.15, -0.1) is 23.5 Å². The van der Waals surface area contributed by atoms with Crippen molar-refractivity contribution in [1.82, 2.24) is 10.2 Å². The standard InChI is InChI=1S/C20H38N2O8S5/c1-7-9-11-13-19(3,4)31-15-27-34(23,24)29-17-21-22-18(33-17)30-35(25,26)28-16-32-20(5,6)14-12-10-8-2/h7-16H2,1-6H3. The molecular formula is C20H38N2O8S5. The van der Waals surface area contributed by atoms with E-state index in [1.807, 2.05) is 27.7 Å². The molecule has 15 heteroatoms. The van der Waals surface area contributed by atoms with Crippen LogP contribution in [0.25, 0.3) is 0 Å². The second-order valence-electron chi connectivity index (χ2n) is 9.01. The van der Waals surface area contributed by atoms with Crippen molar-refractivity contribution in [2.45, 2.75) is 102 Å². The highest BCUT2D eigenvalue weighted by atomic mass is 32.3. The van der Waals surface area contributed by atoms with Crippen LogP contribution in [0.3, 0.4) is 0 Å². The Morgan fingerprint density at radius 3 is 1.43 bits per heavy atom. The number of hydrogen-bond acceptors (Lipinski definition) is 13. The third kappa shape index (κ3) is 15.5. The first-order valence-electron chi connectivity index (χ1n) is 11.5. The minimum atomic E-state index is -4.41. The highest BCUT2D eigenvalue weighted by Crippen LogP contribution is 2.33. The van der Waals surface area contributed by atoms with Crippen molar-refractivity contribution in [2.75, 3.05) is 11.9 Å². The maximum absolute atomic E-state index is 12.1. The first-order valence-corrected chi connectivity index (χ1v) is 16.9. The summed E-state index contributed by atoms with van der Waals surface area (Å²) in [4.78, 5) is 0. The zero-order chi connectivity index (χ0) is 26.6. The van der Waals surface area contributed by atoms with Crippen molar-refractivity contribution < 1.29 is 33.6 Å². The molecule has 206 valence electrons. The fourth-order valence-corrected chi connectivity index (χ4v) is 6.86. The van der Waals surface area contributed by atoms with Crippen LogP contribution < -0.4 is 8.37 Å². The molecule has 0 fully saturated rings. The molecule has 0 radical (unpaired) electrons. The molecule has 0 aliphatic carbocycles. The minimum absolute atomic E-state index is 0.127. The average Bonchev–Trinajstić information content (AvgIpc) is 3.12. The SMILES string of the molecule is CCCCCC(C)(C)SCOS(=O)(=O)Oc1nnc(OS(=O)(=O)OCSC(C)(C)CCCCC)s1. The summed E-state index contributed by atoms with van der Waals surface area (Å²) in [6, 6.07) is 0. The Bertz CT molecular complexity index is 874. The lowest BCUT2D eigenvalue weighted by molar-refractivity contribution is 0.313. The molecule has 0 aromatic carbocycles. The van der Waals surface area contributed by atoms with Gasteiger partial charge in [0.25, 0.3) is 0 Å². The van der Waals surface area contributed by atoms with Crippen molar-refractivity contribution in [2.24, 2.45) is 0 Å². The van der Waals surface area contributed by atoms with E-state index in [9.17, 15) is 16.8 Å². The van der Waals surface area contributed by atoms with Crippen molar-refractivity contribution in [1.29, 1.82) is 0 Å². The predicted octanol–water partition coefficient (Wildman–Crippen LogP) is 5.92. The highest BCUT2D eigenvalue weighted by molar-refractivity contribution is 8.01. The first-order chi connectivity index (χ1) is 16.2. The largest absolute Gasteiger partial charge is 0.452 e. The number of rotatable bonds is 20. The highest BCUT2D eigenvalue weighted by Gasteiger charge is 2.25. The summed E-state index contributed by atoms with van der Waals surface area (Å²) in [6.07, 6.45) is 8.41. The summed E-state index contributed by atoms with van der Waals surface area (Å²) < 4.78 is 67.2. The molecule has 0 atom stereocenters. The van der Waals surface area contributed by atoms with Gasteiger partial charge in [0.05, 0.1) is 0 Å². The molecule has 1 rings (SSSR count). The zero-order valence-corrected chi connectivity index (χ0v) is 25.4. The molecule has 1 aromatic rings. The summed E-state index contributed by atoms with van der Waals surface area (Å²) in [5.74, 6) is -0.253. The normalized spacial score (nSPS) is 13.2. The Labute approximate surface area is 223 Å². The summed E-state index contributed by atoms with van der Waals surface area (Å²) in [5, 5.41) is 6.09. The van der Waals surface area contributed by atoms with E-state index < -0.39 is 31.2 Å². The molecule has 1 heterocycles. The van der Waals surface area contributed by atoms with Gasteiger partial charge < -0.3 is 8.37 Å². The second-order valence-corrected chi connectivity index (χ2v) is 15.6. The Balaban J connectivity index is 2.49. The van der Waals surface area contributed by atoms with E-state index in [0.717, 1.165) is 51.4 Å². The van der Waals surface area contributed by atoms with Crippen molar-refractivity contribution in [3.8, 4) is 10.4 Å². The maximum Gasteiger partial charge on any atom is 0.452 e. The van der Waals surface area contributed by atoms with Gasteiger partial charge in [-0.2, -0.15) is 16.8 Å². The number of hydrogen-bond donors (Lipinski definition) is 0. The molecule has 0 amide bonds. The van der Waals surface area contributed by atoms with Gasteiger partial charge in [0.15, 0.2) is 0 Å². The molecule has 0 N–H and O–H groups in total. The van der Waals surface area contributed by atoms with E-state index in [1.165, 1.54) is 23.5 Å². The monoisotopic (exact) mass is 594 g/mol. The van der Waals surface area contributed by atoms with Gasteiger partial charge in [-0.25, -0.2) is 8.37 Å². The number of nitrogens with zero attached hydrogens (tertiary/aromatic N) is 2. The minimum Gasteiger partial charge on any atom is -0.329 e. The first kappa shape index (κ1) is 32.7. The molecule has 10 nitrogen and oxygen atoms in total. The van der Waals surface area contributed by atoms with Gasteiger partial charge >= 0.3 is 31.2 Å². The van der Waals surface area contributed by atoms with Crippen LogP contribution >= 0.6 is 34.9 Å². The molecule has 0 aliphatic heterocycles. The molecule has 0 saturated heterocycles. The Morgan fingerprint density at radius 1 is 0.714 bits per heavy atom. The molecule has 0 saturated carbocycles. The molecule has 0 bridgehead atoms. The third-order valence-corrected chi connectivity index (χ3v) is 9.95. The van der Waals surface area contributed by atoms with Gasteiger partial charge in [0.1, 0.15) is 11.9 Å². The van der Waals surface area contributed by atoms with E-state index in [2.05, 4.69) is 24.0 Å². The number of thioether (sulfide) groups is 2. The van der Waals surface area contributed by atoms with Crippen molar-refractivity contribution >= 4 is 55.7 Å². The number of unbranched alkanes of at least 4 members (excludes halogenated alkanes) is 4. The Hall–Kier alpha value is -0.320. The van der Waals surface area contributed by atoms with Crippen LogP contribution in [0.2, 0.25) is 0 Å². The molecule has 1 aromatic heterocycles. The third-order valence-electron chi connectivity index (χ3n) is 4.78. The van der Waals surface area contributed by atoms with Crippen LogP contribution in [0.4, 0.5) is 0 Å². The van der Waals surface area contributed by atoms with Gasteiger partial charge in [-0.1, -0.05) is 90.3 Å². The van der Waals surface area contributed by atoms with Gasteiger partial charge in [0.2, 0.25) is 0 Å². The van der Waals surface area contributed by atoms with Crippen LogP contribution in [0, 0.1) is 0 Å². The zero-order valence-electron chi connectivity index (χ0n) is 21.3. The predicted molar refractivity (Wildman–Crippen MR) is 143 cm³/mol. The topological polar surface area (TPSA) is 131 Å². The average molecular weight is 595 g/mol. The van der Waals surface area contributed by atoms with E-state index in [0.29, 0.717) is 11.3 Å². The fourth-order valence-electron chi connectivity index (χ4n) is 2.72. The van der Waals surface area contributed by atoms with Crippen LogP contribution in [-0.2, 0) is 29.2 Å². The smallest absolute Gasteiger partial charge is 0.329 e. The maximum atomic E-state index is 12.1. The lowest BCUT2D eigenvalue weighted by Gasteiger charge is -2.23. The van der Waals surface area contributed by atoms with Crippen LogP contribution in [0.1, 0.15) is 92.9 Å². The van der Waals surface area contributed by atoms with Crippen LogP contribution in [-0.4, -0.2) is 48.4 Å². The second kappa shape index (κ2) is 15.2. The summed E-state index contributed by atoms with van der Waals surface area (Å²) in [6.45, 7) is 12.3.